The molecule has 10 heteroatoms. The van der Waals surface area contributed by atoms with E-state index in [2.05, 4.69) is 68.3 Å². The maximum Gasteiger partial charge on any atom is 0.335 e. The summed E-state index contributed by atoms with van der Waals surface area (Å²) in [6, 6.07) is 25.5. The molecule has 1 aliphatic rings. The van der Waals surface area contributed by atoms with Crippen molar-refractivity contribution in [1.82, 2.24) is 0 Å². The van der Waals surface area contributed by atoms with E-state index in [1.165, 1.54) is 33.4 Å². The largest absolute Gasteiger partial charge is 0.492 e. The summed E-state index contributed by atoms with van der Waals surface area (Å²) in [6.45, 7) is 13.2. The Hall–Kier alpha value is -3.70. The fourth-order valence-electron chi connectivity index (χ4n) is 6.99. The lowest BCUT2D eigenvalue weighted by Crippen LogP contribution is -2.30. The topological polar surface area (TPSA) is 89.5 Å². The number of benzene rings is 4. The molecule has 4 aromatic carbocycles. The van der Waals surface area contributed by atoms with E-state index in [1.807, 2.05) is 77.9 Å². The average Bonchev–Trinajstić information content (AvgIpc) is 3.52. The lowest BCUT2D eigenvalue weighted by molar-refractivity contribution is -0.161. The van der Waals surface area contributed by atoms with Crippen molar-refractivity contribution < 1.29 is 38.0 Å². The number of carbonyl (C=O) groups is 2. The van der Waals surface area contributed by atoms with Crippen LogP contribution >= 0.6 is 31.9 Å². The monoisotopic (exact) mass is 906 g/mol. The van der Waals surface area contributed by atoms with Crippen molar-refractivity contribution in [3.63, 3.8) is 0 Å². The van der Waals surface area contributed by atoms with Crippen LogP contribution in [0.4, 0.5) is 0 Å². The van der Waals surface area contributed by atoms with Crippen LogP contribution in [0.25, 0.3) is 11.1 Å². The van der Waals surface area contributed by atoms with Crippen LogP contribution in [0.5, 0.6) is 11.5 Å². The standard InChI is InChI=1S/C47H56Br2O8/c1-7-52-44(46(50)56-30(3)4)27-34-15-19-42(40(48)25-34)54-21-9-11-32-13-17-38-36(23-32)29-37-24-33(14-18-39(37)38)12-10-22-55-43-20-16-35(26-41(43)49)28-45(53-8-2)47(51)57-31(5)6/h13-20,23-26,30-31,44-45H,7-12,21-22,27-29H2,1-6H3. The molecule has 0 fully saturated rings. The van der Waals surface area contributed by atoms with Gasteiger partial charge in [0.1, 0.15) is 11.5 Å². The number of hydrogen-bond acceptors (Lipinski definition) is 8. The summed E-state index contributed by atoms with van der Waals surface area (Å²) in [4.78, 5) is 25.0. The number of aryl methyl sites for hydroxylation is 2. The van der Waals surface area contributed by atoms with Crippen molar-refractivity contribution in [3.8, 4) is 22.6 Å². The fraction of sp³-hybridized carbons (Fsp3) is 0.447. The summed E-state index contributed by atoms with van der Waals surface area (Å²) >= 11 is 7.30. The van der Waals surface area contributed by atoms with E-state index >= 15 is 0 Å². The second-order valence-electron chi connectivity index (χ2n) is 14.9. The van der Waals surface area contributed by atoms with E-state index in [-0.39, 0.29) is 24.1 Å². The summed E-state index contributed by atoms with van der Waals surface area (Å²) in [5.41, 5.74) is 9.97. The molecule has 306 valence electrons. The predicted octanol–water partition coefficient (Wildman–Crippen LogP) is 10.6. The van der Waals surface area contributed by atoms with Crippen molar-refractivity contribution in [2.24, 2.45) is 0 Å². The van der Waals surface area contributed by atoms with E-state index in [0.29, 0.717) is 39.3 Å². The minimum Gasteiger partial charge on any atom is -0.492 e. The summed E-state index contributed by atoms with van der Waals surface area (Å²) in [7, 11) is 0. The molecule has 8 nitrogen and oxygen atoms in total. The normalized spacial score (nSPS) is 12.9. The van der Waals surface area contributed by atoms with Gasteiger partial charge in [0.15, 0.2) is 12.2 Å². The van der Waals surface area contributed by atoms with Crippen molar-refractivity contribution in [1.29, 1.82) is 0 Å². The lowest BCUT2D eigenvalue weighted by Gasteiger charge is -2.18. The molecule has 0 spiro atoms. The van der Waals surface area contributed by atoms with Crippen LogP contribution in [0.2, 0.25) is 0 Å². The SMILES string of the molecule is CCOC(Cc1ccc(OCCCc2ccc3c(c2)Cc2cc(CCCOc4ccc(CC(OCC)C(=O)OC(C)C)cc4Br)ccc2-3)c(Br)c1)C(=O)OC(C)C. The first-order chi connectivity index (χ1) is 27.4. The number of ether oxygens (including phenoxy) is 6. The van der Waals surface area contributed by atoms with Gasteiger partial charge < -0.3 is 28.4 Å². The van der Waals surface area contributed by atoms with Gasteiger partial charge in [-0.05, 0) is 174 Å². The molecular weight excluding hydrogens is 852 g/mol. The van der Waals surface area contributed by atoms with Crippen LogP contribution in [0.3, 0.4) is 0 Å². The van der Waals surface area contributed by atoms with Crippen LogP contribution in [0, 0.1) is 0 Å². The Morgan fingerprint density at radius 1 is 0.579 bits per heavy atom. The first-order valence-electron chi connectivity index (χ1n) is 20.1. The van der Waals surface area contributed by atoms with Gasteiger partial charge in [-0.15, -0.1) is 0 Å². The van der Waals surface area contributed by atoms with Gasteiger partial charge in [-0.1, -0.05) is 48.5 Å². The van der Waals surface area contributed by atoms with Gasteiger partial charge in [0.2, 0.25) is 0 Å². The third-order valence-electron chi connectivity index (χ3n) is 9.55. The molecule has 2 atom stereocenters. The van der Waals surface area contributed by atoms with Gasteiger partial charge in [0, 0.05) is 26.1 Å². The first kappa shape index (κ1) is 44.4. The predicted molar refractivity (Wildman–Crippen MR) is 231 cm³/mol. The van der Waals surface area contributed by atoms with Crippen molar-refractivity contribution in [2.45, 2.75) is 111 Å². The van der Waals surface area contributed by atoms with Gasteiger partial charge in [-0.25, -0.2) is 9.59 Å². The number of carbonyl (C=O) groups excluding carboxylic acids is 2. The van der Waals surface area contributed by atoms with E-state index in [4.69, 9.17) is 28.4 Å². The molecule has 0 saturated heterocycles. The van der Waals surface area contributed by atoms with Crippen LogP contribution in [-0.4, -0.2) is 62.8 Å². The number of rotatable bonds is 22. The smallest absolute Gasteiger partial charge is 0.335 e. The molecule has 0 heterocycles. The average molecular weight is 909 g/mol. The Balaban J connectivity index is 1.05. The van der Waals surface area contributed by atoms with Crippen molar-refractivity contribution in [3.05, 3.63) is 115 Å². The number of esters is 2. The summed E-state index contributed by atoms with van der Waals surface area (Å²) < 4.78 is 36.1. The number of fused-ring (bicyclic) bond motifs is 3. The van der Waals surface area contributed by atoms with E-state index < -0.39 is 12.2 Å². The molecule has 0 N–H and O–H groups in total. The Labute approximate surface area is 355 Å². The molecule has 0 bridgehead atoms. The molecule has 0 aliphatic heterocycles. The van der Waals surface area contributed by atoms with E-state index in [1.54, 1.807) is 0 Å². The maximum absolute atomic E-state index is 12.5. The molecule has 0 radical (unpaired) electrons. The summed E-state index contributed by atoms with van der Waals surface area (Å²) in [6.07, 6.45) is 3.80. The Bertz CT molecular complexity index is 1820. The molecule has 4 aromatic rings. The van der Waals surface area contributed by atoms with E-state index in [9.17, 15) is 9.59 Å². The molecule has 0 amide bonds. The Morgan fingerprint density at radius 2 is 0.982 bits per heavy atom. The molecular formula is C47H56Br2O8. The second-order valence-corrected chi connectivity index (χ2v) is 16.6. The Morgan fingerprint density at radius 3 is 1.35 bits per heavy atom. The van der Waals surface area contributed by atoms with Crippen LogP contribution in [0.15, 0.2) is 81.7 Å². The third-order valence-corrected chi connectivity index (χ3v) is 10.8. The summed E-state index contributed by atoms with van der Waals surface area (Å²) in [5, 5.41) is 0. The fourth-order valence-corrected chi connectivity index (χ4v) is 8.07. The molecule has 0 saturated carbocycles. The lowest BCUT2D eigenvalue weighted by atomic mass is 10.00. The maximum atomic E-state index is 12.5. The Kier molecular flexibility index (Phi) is 17.1. The van der Waals surface area contributed by atoms with Crippen LogP contribution in [0.1, 0.15) is 87.8 Å². The quantitative estimate of drug-likeness (QED) is 0.0501. The minimum absolute atomic E-state index is 0.188. The highest BCUT2D eigenvalue weighted by atomic mass is 79.9. The highest BCUT2D eigenvalue weighted by Crippen LogP contribution is 2.38. The van der Waals surface area contributed by atoms with Gasteiger partial charge >= 0.3 is 11.9 Å². The zero-order valence-electron chi connectivity index (χ0n) is 34.0. The minimum atomic E-state index is -0.638. The summed E-state index contributed by atoms with van der Waals surface area (Å²) in [5.74, 6) is 0.876. The molecule has 0 aromatic heterocycles. The van der Waals surface area contributed by atoms with E-state index in [0.717, 1.165) is 63.7 Å². The number of hydrogen-bond donors (Lipinski definition) is 0. The van der Waals surface area contributed by atoms with Gasteiger partial charge in [0.25, 0.3) is 0 Å². The van der Waals surface area contributed by atoms with Gasteiger partial charge in [-0.3, -0.25) is 0 Å². The van der Waals surface area contributed by atoms with Crippen LogP contribution in [-0.2, 0) is 60.6 Å². The van der Waals surface area contributed by atoms with Crippen molar-refractivity contribution in [2.75, 3.05) is 26.4 Å². The van der Waals surface area contributed by atoms with Gasteiger partial charge in [-0.2, -0.15) is 0 Å². The first-order valence-corrected chi connectivity index (χ1v) is 21.7. The zero-order chi connectivity index (χ0) is 40.9. The third kappa shape index (κ3) is 13.2. The molecule has 57 heavy (non-hydrogen) atoms. The molecule has 2 unspecified atom stereocenters. The highest BCUT2D eigenvalue weighted by Gasteiger charge is 2.24. The van der Waals surface area contributed by atoms with Crippen molar-refractivity contribution >= 4 is 43.8 Å². The number of halogens is 2. The molecule has 1 aliphatic carbocycles. The second kappa shape index (κ2) is 21.9. The van der Waals surface area contributed by atoms with Gasteiger partial charge in [0.05, 0.1) is 34.4 Å². The molecule has 5 rings (SSSR count). The zero-order valence-corrected chi connectivity index (χ0v) is 37.2. The van der Waals surface area contributed by atoms with Crippen LogP contribution < -0.4 is 9.47 Å². The highest BCUT2D eigenvalue weighted by molar-refractivity contribution is 9.11.